The number of nitrogens with zero attached hydrogens (tertiary/aromatic N) is 1. The molecule has 0 aliphatic rings. The minimum atomic E-state index is -3.90. The highest BCUT2D eigenvalue weighted by Gasteiger charge is 2.29. The summed E-state index contributed by atoms with van der Waals surface area (Å²) in [6.07, 6.45) is 0. The standard InChI is InChI=1S/C18H21ClFNO2S/c1-12(2)11-21(17-7-5-13(3)9-14(17)4)24(22,23)18-8-6-15(20)10-16(18)19/h5-10,12H,11H2,1-4H3. The number of rotatable bonds is 5. The van der Waals surface area contributed by atoms with Gasteiger partial charge in [0.05, 0.1) is 10.7 Å². The Labute approximate surface area is 148 Å². The molecule has 0 aliphatic heterocycles. The van der Waals surface area contributed by atoms with Crippen molar-refractivity contribution < 1.29 is 12.8 Å². The SMILES string of the molecule is Cc1ccc(N(CC(C)C)S(=O)(=O)c2ccc(F)cc2Cl)c(C)c1. The highest BCUT2D eigenvalue weighted by atomic mass is 35.5. The Morgan fingerprint density at radius 3 is 2.33 bits per heavy atom. The van der Waals surface area contributed by atoms with Crippen molar-refractivity contribution in [3.8, 4) is 0 Å². The molecule has 0 heterocycles. The van der Waals surface area contributed by atoms with Crippen molar-refractivity contribution in [2.75, 3.05) is 10.8 Å². The lowest BCUT2D eigenvalue weighted by molar-refractivity contribution is 0.577. The summed E-state index contributed by atoms with van der Waals surface area (Å²) in [4.78, 5) is -0.0915. The largest absolute Gasteiger partial charge is 0.266 e. The van der Waals surface area contributed by atoms with Crippen molar-refractivity contribution in [3.63, 3.8) is 0 Å². The van der Waals surface area contributed by atoms with E-state index in [1.54, 1.807) is 6.07 Å². The van der Waals surface area contributed by atoms with E-state index < -0.39 is 15.8 Å². The third-order valence-corrected chi connectivity index (χ3v) is 5.88. The van der Waals surface area contributed by atoms with Crippen LogP contribution in [0.1, 0.15) is 25.0 Å². The van der Waals surface area contributed by atoms with E-state index in [9.17, 15) is 12.8 Å². The molecule has 0 bridgehead atoms. The molecule has 0 N–H and O–H groups in total. The van der Waals surface area contributed by atoms with Gasteiger partial charge in [-0.3, -0.25) is 4.31 Å². The number of sulfonamides is 1. The van der Waals surface area contributed by atoms with Gasteiger partial charge in [0.15, 0.2) is 0 Å². The van der Waals surface area contributed by atoms with E-state index in [4.69, 9.17) is 11.6 Å². The Morgan fingerprint density at radius 2 is 1.79 bits per heavy atom. The first-order chi connectivity index (χ1) is 11.1. The summed E-state index contributed by atoms with van der Waals surface area (Å²) in [7, 11) is -3.90. The Balaban J connectivity index is 2.62. The van der Waals surface area contributed by atoms with Gasteiger partial charge in [0, 0.05) is 6.54 Å². The van der Waals surface area contributed by atoms with Crippen molar-refractivity contribution in [3.05, 3.63) is 58.4 Å². The van der Waals surface area contributed by atoms with Crippen LogP contribution in [-0.2, 0) is 10.0 Å². The molecular formula is C18H21ClFNO2S. The van der Waals surface area contributed by atoms with Crippen LogP contribution in [0.25, 0.3) is 0 Å². The Hall–Kier alpha value is -1.59. The molecule has 0 aliphatic carbocycles. The predicted octanol–water partition coefficient (Wildman–Crippen LogP) is 4.95. The van der Waals surface area contributed by atoms with Crippen LogP contribution in [0.2, 0.25) is 5.02 Å². The molecule has 130 valence electrons. The van der Waals surface area contributed by atoms with Gasteiger partial charge in [0.1, 0.15) is 10.7 Å². The average molecular weight is 370 g/mol. The number of benzene rings is 2. The van der Waals surface area contributed by atoms with E-state index in [2.05, 4.69) is 0 Å². The third-order valence-electron chi connectivity index (χ3n) is 3.61. The smallest absolute Gasteiger partial charge is 0.265 e. The maximum Gasteiger partial charge on any atom is 0.265 e. The summed E-state index contributed by atoms with van der Waals surface area (Å²) in [5.74, 6) is -0.458. The molecule has 2 rings (SSSR count). The normalized spacial score (nSPS) is 11.8. The maximum absolute atomic E-state index is 13.3. The Morgan fingerprint density at radius 1 is 1.12 bits per heavy atom. The van der Waals surface area contributed by atoms with Crippen LogP contribution in [0.4, 0.5) is 10.1 Å². The zero-order valence-electron chi connectivity index (χ0n) is 14.2. The van der Waals surface area contributed by atoms with Crippen LogP contribution in [0, 0.1) is 25.6 Å². The van der Waals surface area contributed by atoms with E-state index in [0.717, 1.165) is 23.3 Å². The van der Waals surface area contributed by atoms with Gasteiger partial charge < -0.3 is 0 Å². The molecule has 0 aromatic heterocycles. The second-order valence-corrected chi connectivity index (χ2v) is 8.53. The summed E-state index contributed by atoms with van der Waals surface area (Å²) >= 11 is 6.00. The lowest BCUT2D eigenvalue weighted by Crippen LogP contribution is -2.35. The van der Waals surface area contributed by atoms with Crippen LogP contribution in [0.15, 0.2) is 41.3 Å². The summed E-state index contributed by atoms with van der Waals surface area (Å²) in [5.41, 5.74) is 2.52. The van der Waals surface area contributed by atoms with E-state index in [1.165, 1.54) is 10.4 Å². The topological polar surface area (TPSA) is 37.4 Å². The second kappa shape index (κ2) is 7.11. The number of anilines is 1. The maximum atomic E-state index is 13.3. The highest BCUT2D eigenvalue weighted by Crippen LogP contribution is 2.31. The fourth-order valence-corrected chi connectivity index (χ4v) is 4.75. The van der Waals surface area contributed by atoms with Gasteiger partial charge in [-0.05, 0) is 49.6 Å². The molecule has 0 unspecified atom stereocenters. The molecule has 0 spiro atoms. The molecule has 0 atom stereocenters. The zero-order valence-corrected chi connectivity index (χ0v) is 15.7. The Bertz CT molecular complexity index is 850. The van der Waals surface area contributed by atoms with E-state index in [-0.39, 0.29) is 15.8 Å². The fraction of sp³-hybridized carbons (Fsp3) is 0.333. The van der Waals surface area contributed by atoms with Crippen LogP contribution in [-0.4, -0.2) is 15.0 Å². The second-order valence-electron chi connectivity index (χ2n) is 6.29. The summed E-state index contributed by atoms with van der Waals surface area (Å²) in [6, 6.07) is 8.94. The molecule has 2 aromatic rings. The molecule has 24 heavy (non-hydrogen) atoms. The van der Waals surface area contributed by atoms with Gasteiger partial charge in [-0.15, -0.1) is 0 Å². The molecule has 0 saturated heterocycles. The van der Waals surface area contributed by atoms with Gasteiger partial charge in [0.25, 0.3) is 10.0 Å². The van der Waals surface area contributed by atoms with Crippen molar-refractivity contribution in [2.24, 2.45) is 5.92 Å². The summed E-state index contributed by atoms with van der Waals surface area (Å²) < 4.78 is 41.0. The quantitative estimate of drug-likeness (QED) is 0.748. The van der Waals surface area contributed by atoms with Crippen molar-refractivity contribution in [1.29, 1.82) is 0 Å². The summed E-state index contributed by atoms with van der Waals surface area (Å²) in [5, 5.41) is -0.117. The first-order valence-corrected chi connectivity index (χ1v) is 9.49. The summed E-state index contributed by atoms with van der Waals surface area (Å²) in [6.45, 7) is 8.02. The Kier molecular flexibility index (Phi) is 5.56. The highest BCUT2D eigenvalue weighted by molar-refractivity contribution is 7.93. The van der Waals surface area contributed by atoms with E-state index >= 15 is 0 Å². The monoisotopic (exact) mass is 369 g/mol. The average Bonchev–Trinajstić information content (AvgIpc) is 2.44. The predicted molar refractivity (Wildman–Crippen MR) is 96.7 cm³/mol. The molecule has 3 nitrogen and oxygen atoms in total. The number of halogens is 2. The lowest BCUT2D eigenvalue weighted by Gasteiger charge is -2.28. The minimum Gasteiger partial charge on any atom is -0.266 e. The van der Waals surface area contributed by atoms with E-state index in [1.807, 2.05) is 39.8 Å². The molecule has 0 fully saturated rings. The van der Waals surface area contributed by atoms with Crippen LogP contribution in [0.3, 0.4) is 0 Å². The molecule has 6 heteroatoms. The van der Waals surface area contributed by atoms with Gasteiger partial charge in [-0.2, -0.15) is 0 Å². The van der Waals surface area contributed by atoms with Crippen molar-refractivity contribution in [1.82, 2.24) is 0 Å². The first kappa shape index (κ1) is 18.7. The van der Waals surface area contributed by atoms with Crippen molar-refractivity contribution >= 4 is 27.3 Å². The molecular weight excluding hydrogens is 349 g/mol. The van der Waals surface area contributed by atoms with Gasteiger partial charge in [-0.25, -0.2) is 12.8 Å². The number of hydrogen-bond donors (Lipinski definition) is 0. The van der Waals surface area contributed by atoms with Gasteiger partial charge >= 0.3 is 0 Å². The zero-order chi connectivity index (χ0) is 18.1. The molecule has 0 radical (unpaired) electrons. The molecule has 2 aromatic carbocycles. The first-order valence-electron chi connectivity index (χ1n) is 7.68. The van der Waals surface area contributed by atoms with Crippen LogP contribution >= 0.6 is 11.6 Å². The van der Waals surface area contributed by atoms with Crippen molar-refractivity contribution in [2.45, 2.75) is 32.6 Å². The molecule has 0 saturated carbocycles. The van der Waals surface area contributed by atoms with Crippen LogP contribution in [0.5, 0.6) is 0 Å². The number of hydrogen-bond acceptors (Lipinski definition) is 2. The molecule has 0 amide bonds. The van der Waals surface area contributed by atoms with Gasteiger partial charge in [0.2, 0.25) is 0 Å². The number of aryl methyl sites for hydroxylation is 2. The fourth-order valence-electron chi connectivity index (χ4n) is 2.55. The third kappa shape index (κ3) is 3.90. The van der Waals surface area contributed by atoms with E-state index in [0.29, 0.717) is 12.2 Å². The van der Waals surface area contributed by atoms with Crippen LogP contribution < -0.4 is 4.31 Å². The minimum absolute atomic E-state index is 0.0915. The van der Waals surface area contributed by atoms with Gasteiger partial charge in [-0.1, -0.05) is 43.1 Å². The lowest BCUT2D eigenvalue weighted by atomic mass is 10.1.